The van der Waals surface area contributed by atoms with Crippen LogP contribution in [-0.2, 0) is 9.53 Å². The van der Waals surface area contributed by atoms with Crippen LogP contribution in [0.15, 0.2) is 67.0 Å². The Hall–Kier alpha value is -4.43. The molecular weight excluding hydrogens is 564 g/mol. The second kappa shape index (κ2) is 14.4. The van der Waals surface area contributed by atoms with E-state index < -0.39 is 36.4 Å². The predicted octanol–water partition coefficient (Wildman–Crippen LogP) is 1.16. The van der Waals surface area contributed by atoms with Crippen molar-refractivity contribution in [3.8, 4) is 0 Å². The first kappa shape index (κ1) is 31.0. The topological polar surface area (TPSA) is 176 Å². The molecule has 2 aromatic carbocycles. The van der Waals surface area contributed by atoms with E-state index in [1.54, 1.807) is 6.92 Å². The molecule has 1 saturated heterocycles. The average molecular weight is 603 g/mol. The van der Waals surface area contributed by atoms with Crippen LogP contribution in [0.5, 0.6) is 0 Å². The van der Waals surface area contributed by atoms with Gasteiger partial charge in [0.25, 0.3) is 11.8 Å². The summed E-state index contributed by atoms with van der Waals surface area (Å²) < 4.78 is 7.24. The molecule has 0 radical (unpaired) electrons. The van der Waals surface area contributed by atoms with E-state index in [1.807, 2.05) is 43.4 Å². The summed E-state index contributed by atoms with van der Waals surface area (Å²) in [5.74, 6) is -0.849. The number of ether oxygens (including phenoxy) is 1. The number of likely N-dealkylation sites (N-methyl/N-ethyl adjacent to an activating group) is 1. The van der Waals surface area contributed by atoms with Crippen LogP contribution in [0.2, 0.25) is 0 Å². The van der Waals surface area contributed by atoms with Gasteiger partial charge in [0.1, 0.15) is 12.2 Å². The van der Waals surface area contributed by atoms with Crippen LogP contribution >= 0.6 is 0 Å². The smallest absolute Gasteiger partial charge is 0.289 e. The number of nitrogens with one attached hydrogen (secondary N) is 4. The number of aliphatic hydroxyl groups excluding tert-OH is 2. The summed E-state index contributed by atoms with van der Waals surface area (Å²) in [6.45, 7) is 3.65. The lowest BCUT2D eigenvalue weighted by atomic mass is 9.91. The van der Waals surface area contributed by atoms with Gasteiger partial charge in [-0.2, -0.15) is 0 Å². The van der Waals surface area contributed by atoms with Crippen molar-refractivity contribution in [3.05, 3.63) is 83.9 Å². The molecule has 0 bridgehead atoms. The van der Waals surface area contributed by atoms with Gasteiger partial charge in [0.05, 0.1) is 6.33 Å². The summed E-state index contributed by atoms with van der Waals surface area (Å²) in [4.78, 5) is 39.2. The molecule has 4 unspecified atom stereocenters. The number of anilines is 1. The Kier molecular flexibility index (Phi) is 10.1. The summed E-state index contributed by atoms with van der Waals surface area (Å²) in [6.07, 6.45) is -3.30. The van der Waals surface area contributed by atoms with Crippen molar-refractivity contribution in [1.29, 1.82) is 0 Å². The van der Waals surface area contributed by atoms with Crippen molar-refractivity contribution in [2.75, 3.05) is 38.5 Å². The molecule has 6 N–H and O–H groups in total. The van der Waals surface area contributed by atoms with Crippen LogP contribution in [0.1, 0.15) is 47.2 Å². The van der Waals surface area contributed by atoms with E-state index in [2.05, 4.69) is 60.5 Å². The zero-order valence-electron chi connectivity index (χ0n) is 24.7. The molecule has 1 aliphatic heterocycles. The second-order valence-electron chi connectivity index (χ2n) is 10.5. The highest BCUT2D eigenvalue weighted by Gasteiger charge is 2.47. The third-order valence-electron chi connectivity index (χ3n) is 7.51. The molecular formula is C31H38N8O5. The highest BCUT2D eigenvalue weighted by atomic mass is 16.6. The molecule has 2 aromatic heterocycles. The summed E-state index contributed by atoms with van der Waals surface area (Å²) in [5, 5.41) is 33.4. The highest BCUT2D eigenvalue weighted by molar-refractivity contribution is 5.94. The van der Waals surface area contributed by atoms with Crippen molar-refractivity contribution in [2.24, 2.45) is 0 Å². The third kappa shape index (κ3) is 6.70. The van der Waals surface area contributed by atoms with Crippen molar-refractivity contribution in [2.45, 2.75) is 43.8 Å². The first-order valence-electron chi connectivity index (χ1n) is 14.7. The van der Waals surface area contributed by atoms with Crippen LogP contribution in [-0.4, -0.2) is 93.1 Å². The first-order valence-corrected chi connectivity index (χ1v) is 14.7. The minimum Gasteiger partial charge on any atom is -0.387 e. The standard InChI is InChI=1S/C31H38N8O5/c1-3-33-29(42)25-23(40)24(41)31(44-25)39-18-36-22-26(37-27(38-28(22)39)30(43)34-16-10-15-32-2)35-17-21(19-11-6-4-7-12-19)20-13-8-5-9-14-20/h4-9,11-14,18,21,23-25,31-32,40-41H,3,10,15-17H2,1-2H3,(H,33,42)(H,34,43)(H,35,37,38). The minimum absolute atomic E-state index is 0.0451. The van der Waals surface area contributed by atoms with Gasteiger partial charge in [-0.05, 0) is 38.1 Å². The van der Waals surface area contributed by atoms with Gasteiger partial charge >= 0.3 is 0 Å². The molecule has 2 amide bonds. The maximum Gasteiger partial charge on any atom is 0.289 e. The van der Waals surface area contributed by atoms with Gasteiger partial charge in [0.15, 0.2) is 29.3 Å². The lowest BCUT2D eigenvalue weighted by molar-refractivity contribution is -0.137. The molecule has 232 valence electrons. The molecule has 4 aromatic rings. The minimum atomic E-state index is -1.48. The van der Waals surface area contributed by atoms with Gasteiger partial charge in [-0.3, -0.25) is 14.2 Å². The van der Waals surface area contributed by atoms with Crippen molar-refractivity contribution in [3.63, 3.8) is 0 Å². The van der Waals surface area contributed by atoms with Crippen LogP contribution in [0.4, 0.5) is 5.82 Å². The van der Waals surface area contributed by atoms with Gasteiger partial charge in [0, 0.05) is 25.6 Å². The van der Waals surface area contributed by atoms with Gasteiger partial charge in [-0.15, -0.1) is 0 Å². The maximum atomic E-state index is 13.2. The van der Waals surface area contributed by atoms with Crippen LogP contribution in [0.3, 0.4) is 0 Å². The number of imidazole rings is 1. The number of aromatic nitrogens is 4. The van der Waals surface area contributed by atoms with Crippen molar-refractivity contribution >= 4 is 28.8 Å². The fourth-order valence-electron chi connectivity index (χ4n) is 5.25. The fourth-order valence-corrected chi connectivity index (χ4v) is 5.25. The molecule has 1 aliphatic rings. The largest absolute Gasteiger partial charge is 0.387 e. The van der Waals surface area contributed by atoms with E-state index in [-0.39, 0.29) is 17.4 Å². The molecule has 13 heteroatoms. The quantitative estimate of drug-likeness (QED) is 0.122. The van der Waals surface area contributed by atoms with Crippen LogP contribution < -0.4 is 21.3 Å². The SMILES string of the molecule is CCNC(=O)C1OC(n2cnc3c(NCC(c4ccccc4)c4ccccc4)nc(C(=O)NCCCNC)nc32)C(O)C1O. The summed E-state index contributed by atoms with van der Waals surface area (Å²) in [6, 6.07) is 20.1. The molecule has 1 fully saturated rings. The highest BCUT2D eigenvalue weighted by Crippen LogP contribution is 2.33. The molecule has 5 rings (SSSR count). The van der Waals surface area contributed by atoms with Crippen molar-refractivity contribution in [1.82, 2.24) is 35.5 Å². The number of amides is 2. The lowest BCUT2D eigenvalue weighted by Crippen LogP contribution is -2.42. The second-order valence-corrected chi connectivity index (χ2v) is 10.5. The van der Waals surface area contributed by atoms with E-state index in [0.717, 1.165) is 17.7 Å². The number of benzene rings is 2. The monoisotopic (exact) mass is 602 g/mol. The summed E-state index contributed by atoms with van der Waals surface area (Å²) in [5.41, 5.74) is 2.73. The molecule has 0 spiro atoms. The van der Waals surface area contributed by atoms with Crippen LogP contribution in [0.25, 0.3) is 11.2 Å². The number of fused-ring (bicyclic) bond motifs is 1. The van der Waals surface area contributed by atoms with Gasteiger partial charge < -0.3 is 36.2 Å². The van der Waals surface area contributed by atoms with E-state index in [9.17, 15) is 19.8 Å². The third-order valence-corrected chi connectivity index (χ3v) is 7.51. The molecule has 0 aliphatic carbocycles. The van der Waals surface area contributed by atoms with Gasteiger partial charge in [-0.1, -0.05) is 60.7 Å². The zero-order chi connectivity index (χ0) is 31.1. The van der Waals surface area contributed by atoms with E-state index >= 15 is 0 Å². The number of carbonyl (C=O) groups excluding carboxylic acids is 2. The summed E-state index contributed by atoms with van der Waals surface area (Å²) >= 11 is 0. The number of hydrogen-bond donors (Lipinski definition) is 6. The number of nitrogens with zero attached hydrogens (tertiary/aromatic N) is 4. The Morgan fingerprint density at radius 2 is 1.64 bits per heavy atom. The average Bonchev–Trinajstić information content (AvgIpc) is 3.60. The number of aliphatic hydroxyl groups is 2. The number of hydrogen-bond acceptors (Lipinski definition) is 10. The zero-order valence-corrected chi connectivity index (χ0v) is 24.7. The normalized spacial score (nSPS) is 19.8. The summed E-state index contributed by atoms with van der Waals surface area (Å²) in [7, 11) is 1.84. The molecule has 44 heavy (non-hydrogen) atoms. The Morgan fingerprint density at radius 1 is 0.955 bits per heavy atom. The Bertz CT molecular complexity index is 1510. The molecule has 3 heterocycles. The van der Waals surface area contributed by atoms with Crippen LogP contribution in [0, 0.1) is 0 Å². The Balaban J connectivity index is 1.50. The van der Waals surface area contributed by atoms with E-state index in [1.165, 1.54) is 10.9 Å². The molecule has 13 nitrogen and oxygen atoms in total. The first-order chi connectivity index (χ1) is 21.4. The number of rotatable bonds is 13. The van der Waals surface area contributed by atoms with Gasteiger partial charge in [-0.25, -0.2) is 15.0 Å². The lowest BCUT2D eigenvalue weighted by Gasteiger charge is -2.20. The van der Waals surface area contributed by atoms with Gasteiger partial charge in [0.2, 0.25) is 5.82 Å². The molecule has 4 atom stereocenters. The maximum absolute atomic E-state index is 13.2. The van der Waals surface area contributed by atoms with E-state index in [4.69, 9.17) is 4.74 Å². The van der Waals surface area contributed by atoms with Crippen molar-refractivity contribution < 1.29 is 24.5 Å². The molecule has 0 saturated carbocycles. The fraction of sp³-hybridized carbons (Fsp3) is 0.387. The Labute approximate surface area is 255 Å². The number of carbonyl (C=O) groups is 2. The predicted molar refractivity (Wildman–Crippen MR) is 164 cm³/mol. The van der Waals surface area contributed by atoms with E-state index in [0.29, 0.717) is 37.4 Å². The Morgan fingerprint density at radius 3 is 2.27 bits per heavy atom.